The Hall–Kier alpha value is -3.08. The summed E-state index contributed by atoms with van der Waals surface area (Å²) in [5.41, 5.74) is 1.25. The van der Waals surface area contributed by atoms with Crippen LogP contribution in [0.5, 0.6) is 0 Å². The molecular weight excluding hydrogens is 420 g/mol. The summed E-state index contributed by atoms with van der Waals surface area (Å²) in [4.78, 5) is 16.6. The van der Waals surface area contributed by atoms with Crippen LogP contribution in [0.1, 0.15) is 24.3 Å². The Morgan fingerprint density at radius 1 is 1.13 bits per heavy atom. The molecule has 1 aromatic carbocycles. The number of amides is 1. The van der Waals surface area contributed by atoms with Gasteiger partial charge in [0.1, 0.15) is 0 Å². The molecule has 1 fully saturated rings. The van der Waals surface area contributed by atoms with Crippen molar-refractivity contribution in [3.8, 4) is 11.3 Å². The number of benzene rings is 1. The number of morpholine rings is 1. The van der Waals surface area contributed by atoms with Crippen LogP contribution < -0.4 is 5.32 Å². The fourth-order valence-corrected chi connectivity index (χ4v) is 5.00. The van der Waals surface area contributed by atoms with Crippen molar-refractivity contribution in [1.29, 1.82) is 0 Å². The van der Waals surface area contributed by atoms with Crippen molar-refractivity contribution in [2.75, 3.05) is 18.4 Å². The molecule has 2 unspecified atom stereocenters. The van der Waals surface area contributed by atoms with Crippen LogP contribution >= 0.6 is 0 Å². The second-order valence-electron chi connectivity index (χ2n) is 7.38. The number of carbonyl (C=O) groups excluding carboxylic acids is 1. The lowest BCUT2D eigenvalue weighted by atomic mass is 10.2. The Bertz CT molecular complexity index is 1150. The Morgan fingerprint density at radius 3 is 2.48 bits per heavy atom. The van der Waals surface area contributed by atoms with Crippen molar-refractivity contribution < 1.29 is 22.5 Å². The average molecular weight is 442 g/mol. The highest BCUT2D eigenvalue weighted by molar-refractivity contribution is 7.89. The molecule has 0 spiro atoms. The van der Waals surface area contributed by atoms with Gasteiger partial charge in [-0.25, -0.2) is 8.42 Å². The van der Waals surface area contributed by atoms with E-state index in [0.717, 1.165) is 0 Å². The van der Waals surface area contributed by atoms with Crippen molar-refractivity contribution in [2.24, 2.45) is 0 Å². The predicted octanol–water partition coefficient (Wildman–Crippen LogP) is 2.79. The molecule has 0 radical (unpaired) electrons. The van der Waals surface area contributed by atoms with E-state index in [1.807, 2.05) is 13.8 Å². The van der Waals surface area contributed by atoms with Crippen molar-refractivity contribution in [3.05, 3.63) is 60.6 Å². The maximum Gasteiger partial charge on any atom is 0.277 e. The second kappa shape index (κ2) is 8.58. The predicted molar refractivity (Wildman–Crippen MR) is 113 cm³/mol. The molecule has 0 aliphatic carbocycles. The molecule has 0 bridgehead atoms. The summed E-state index contributed by atoms with van der Waals surface area (Å²) in [5, 5.41) is 6.48. The monoisotopic (exact) mass is 442 g/mol. The van der Waals surface area contributed by atoms with Crippen molar-refractivity contribution in [2.45, 2.75) is 31.0 Å². The standard InChI is InChI=1S/C21H22N4O5S/c1-14-12-25(13-15(2)29-14)31(27,28)18-7-5-17(6-8-18)23-21(26)19-10-20(30-24-19)16-4-3-9-22-11-16/h3-11,14-15H,12-13H2,1-2H3,(H,23,26). The molecule has 4 rings (SSSR count). The third-order valence-corrected chi connectivity index (χ3v) is 6.67. The van der Waals surface area contributed by atoms with Crippen LogP contribution in [-0.4, -0.2) is 54.1 Å². The third kappa shape index (κ3) is 4.66. The molecule has 3 heterocycles. The molecule has 1 amide bonds. The number of nitrogens with one attached hydrogen (secondary N) is 1. The topological polar surface area (TPSA) is 115 Å². The normalized spacial score (nSPS) is 19.8. The molecule has 31 heavy (non-hydrogen) atoms. The number of hydrogen-bond acceptors (Lipinski definition) is 7. The Balaban J connectivity index is 1.45. The Labute approximate surface area is 180 Å². The maximum atomic E-state index is 12.9. The smallest absolute Gasteiger partial charge is 0.277 e. The molecule has 1 N–H and O–H groups in total. The average Bonchev–Trinajstić information content (AvgIpc) is 3.25. The van der Waals surface area contributed by atoms with Gasteiger partial charge in [-0.3, -0.25) is 9.78 Å². The van der Waals surface area contributed by atoms with E-state index in [1.54, 1.807) is 36.7 Å². The summed E-state index contributed by atoms with van der Waals surface area (Å²) in [7, 11) is -3.65. The Kier molecular flexibility index (Phi) is 5.86. The molecule has 3 aromatic rings. The molecule has 0 saturated carbocycles. The molecule has 1 aliphatic rings. The summed E-state index contributed by atoms with van der Waals surface area (Å²) in [6, 6.07) is 11.1. The van der Waals surface area contributed by atoms with Crippen LogP contribution in [-0.2, 0) is 14.8 Å². The van der Waals surface area contributed by atoms with Gasteiger partial charge in [-0.2, -0.15) is 4.31 Å². The summed E-state index contributed by atoms with van der Waals surface area (Å²) in [6.45, 7) is 4.30. The lowest BCUT2D eigenvalue weighted by Crippen LogP contribution is -2.48. The molecule has 10 heteroatoms. The minimum atomic E-state index is -3.65. The van der Waals surface area contributed by atoms with Crippen LogP contribution in [0, 0.1) is 0 Å². The number of nitrogens with zero attached hydrogens (tertiary/aromatic N) is 3. The first-order valence-corrected chi connectivity index (χ1v) is 11.2. The molecular formula is C21H22N4O5S. The van der Waals surface area contributed by atoms with E-state index < -0.39 is 15.9 Å². The van der Waals surface area contributed by atoms with Gasteiger partial charge >= 0.3 is 0 Å². The number of anilines is 1. The lowest BCUT2D eigenvalue weighted by molar-refractivity contribution is -0.0440. The number of ether oxygens (including phenoxy) is 1. The first-order valence-electron chi connectivity index (χ1n) is 9.77. The summed E-state index contributed by atoms with van der Waals surface area (Å²) < 4.78 is 38.1. The molecule has 9 nitrogen and oxygen atoms in total. The highest BCUT2D eigenvalue weighted by Gasteiger charge is 2.32. The van der Waals surface area contributed by atoms with Gasteiger partial charge in [0, 0.05) is 42.8 Å². The number of sulfonamides is 1. The fourth-order valence-electron chi connectivity index (χ4n) is 3.41. The van der Waals surface area contributed by atoms with E-state index >= 15 is 0 Å². The summed E-state index contributed by atoms with van der Waals surface area (Å²) >= 11 is 0. The van der Waals surface area contributed by atoms with Crippen molar-refractivity contribution in [3.63, 3.8) is 0 Å². The number of hydrogen-bond donors (Lipinski definition) is 1. The van der Waals surface area contributed by atoms with Gasteiger partial charge < -0.3 is 14.6 Å². The number of rotatable bonds is 5. The number of pyridine rings is 1. The van der Waals surface area contributed by atoms with Gasteiger partial charge in [0.15, 0.2) is 11.5 Å². The second-order valence-corrected chi connectivity index (χ2v) is 9.31. The van der Waals surface area contributed by atoms with E-state index in [-0.39, 0.29) is 22.8 Å². The number of carbonyl (C=O) groups is 1. The lowest BCUT2D eigenvalue weighted by Gasteiger charge is -2.34. The minimum Gasteiger partial charge on any atom is -0.373 e. The van der Waals surface area contributed by atoms with E-state index in [1.165, 1.54) is 22.5 Å². The van der Waals surface area contributed by atoms with Gasteiger partial charge in [0.05, 0.1) is 17.1 Å². The van der Waals surface area contributed by atoms with E-state index in [9.17, 15) is 13.2 Å². The van der Waals surface area contributed by atoms with Crippen molar-refractivity contribution in [1.82, 2.24) is 14.4 Å². The van der Waals surface area contributed by atoms with Crippen molar-refractivity contribution >= 4 is 21.6 Å². The van der Waals surface area contributed by atoms with Crippen LogP contribution in [0.25, 0.3) is 11.3 Å². The molecule has 162 valence electrons. The largest absolute Gasteiger partial charge is 0.373 e. The number of aromatic nitrogens is 2. The zero-order valence-electron chi connectivity index (χ0n) is 17.1. The fraction of sp³-hybridized carbons (Fsp3) is 0.286. The SMILES string of the molecule is CC1CN(S(=O)(=O)c2ccc(NC(=O)c3cc(-c4cccnc4)on3)cc2)CC(C)O1. The molecule has 1 aliphatic heterocycles. The Morgan fingerprint density at radius 2 is 1.84 bits per heavy atom. The maximum absolute atomic E-state index is 12.9. The molecule has 2 aromatic heterocycles. The van der Waals surface area contributed by atoms with E-state index in [0.29, 0.717) is 30.1 Å². The van der Waals surface area contributed by atoms with Crippen LogP contribution in [0.3, 0.4) is 0 Å². The zero-order chi connectivity index (χ0) is 22.0. The van der Waals surface area contributed by atoms with E-state index in [2.05, 4.69) is 15.5 Å². The van der Waals surface area contributed by atoms with Crippen LogP contribution in [0.4, 0.5) is 5.69 Å². The zero-order valence-corrected chi connectivity index (χ0v) is 17.9. The van der Waals surface area contributed by atoms with Gasteiger partial charge in [0.25, 0.3) is 5.91 Å². The highest BCUT2D eigenvalue weighted by atomic mass is 32.2. The van der Waals surface area contributed by atoms with Gasteiger partial charge in [-0.15, -0.1) is 0 Å². The minimum absolute atomic E-state index is 0.104. The van der Waals surface area contributed by atoms with Gasteiger partial charge in [-0.05, 0) is 50.2 Å². The van der Waals surface area contributed by atoms with E-state index in [4.69, 9.17) is 9.26 Å². The molecule has 1 saturated heterocycles. The summed E-state index contributed by atoms with van der Waals surface area (Å²) in [5.74, 6) is -0.0426. The first kappa shape index (κ1) is 21.2. The van der Waals surface area contributed by atoms with Gasteiger partial charge in [0.2, 0.25) is 10.0 Å². The summed E-state index contributed by atoms with van der Waals surface area (Å²) in [6.07, 6.45) is 2.90. The quantitative estimate of drug-likeness (QED) is 0.646. The van der Waals surface area contributed by atoms with Crippen LogP contribution in [0.2, 0.25) is 0 Å². The van der Waals surface area contributed by atoms with Crippen LogP contribution in [0.15, 0.2) is 64.3 Å². The highest BCUT2D eigenvalue weighted by Crippen LogP contribution is 2.23. The third-order valence-electron chi connectivity index (χ3n) is 4.82. The first-order chi connectivity index (χ1) is 14.8. The molecule has 2 atom stereocenters. The van der Waals surface area contributed by atoms with Gasteiger partial charge in [-0.1, -0.05) is 5.16 Å².